The highest BCUT2D eigenvalue weighted by atomic mass is 127. The highest BCUT2D eigenvalue weighted by Crippen LogP contribution is 2.42. The van der Waals surface area contributed by atoms with Gasteiger partial charge in [0.15, 0.2) is 0 Å². The third kappa shape index (κ3) is 10.5. The molecule has 0 aliphatic carbocycles. The first-order valence-corrected chi connectivity index (χ1v) is 27.5. The Morgan fingerprint density at radius 2 is 0.797 bits per heavy atom. The van der Waals surface area contributed by atoms with Gasteiger partial charge in [-0.25, -0.2) is 4.99 Å². The van der Waals surface area contributed by atoms with E-state index in [4.69, 9.17) is 4.99 Å². The number of nitrogens with zero attached hydrogens (tertiary/aromatic N) is 1. The van der Waals surface area contributed by atoms with Crippen molar-refractivity contribution in [3.05, 3.63) is 220 Å². The lowest BCUT2D eigenvalue weighted by Gasteiger charge is -2.27. The van der Waals surface area contributed by atoms with E-state index in [1.54, 1.807) is 0 Å². The van der Waals surface area contributed by atoms with Crippen LogP contribution in [-0.4, -0.2) is 21.5 Å². The van der Waals surface area contributed by atoms with E-state index in [0.29, 0.717) is 5.70 Å². The van der Waals surface area contributed by atoms with Gasteiger partial charge in [-0.1, -0.05) is 191 Å². The van der Waals surface area contributed by atoms with Crippen molar-refractivity contribution in [1.29, 1.82) is 0 Å². The highest BCUT2D eigenvalue weighted by molar-refractivity contribution is 14.1. The van der Waals surface area contributed by atoms with Crippen LogP contribution < -0.4 is 16.0 Å². The first-order chi connectivity index (χ1) is 34.2. The third-order valence-corrected chi connectivity index (χ3v) is 15.6. The predicted molar refractivity (Wildman–Crippen MR) is 321 cm³/mol. The van der Waals surface area contributed by atoms with E-state index in [1.165, 1.54) is 33.4 Å². The molecule has 0 atom stereocenters. The van der Waals surface area contributed by atoms with Gasteiger partial charge in [0.1, 0.15) is 0 Å². The van der Waals surface area contributed by atoms with Gasteiger partial charge in [-0.3, -0.25) is 4.79 Å². The normalized spacial score (nSPS) is 15.9. The van der Waals surface area contributed by atoms with Crippen LogP contribution in [-0.2, 0) is 37.3 Å². The first-order valence-electron chi connectivity index (χ1n) is 26.4. The molecular formula is C68H77IN4O. The minimum atomic E-state index is -0.168. The summed E-state index contributed by atoms with van der Waals surface area (Å²) in [5.41, 5.74) is 19.2. The molecule has 0 amide bonds. The smallest absolute Gasteiger partial charge is 0.204 e. The van der Waals surface area contributed by atoms with Crippen LogP contribution >= 0.6 is 22.6 Å². The largest absolute Gasteiger partial charge is 0.354 e. The molecule has 382 valence electrons. The Labute approximate surface area is 455 Å². The summed E-state index contributed by atoms with van der Waals surface area (Å²) in [6, 6.07) is 38.6. The van der Waals surface area contributed by atoms with Crippen molar-refractivity contribution < 1.29 is 4.79 Å². The van der Waals surface area contributed by atoms with Gasteiger partial charge in [-0.15, -0.1) is 0 Å². The number of fused-ring (bicyclic) bond motifs is 7. The molecule has 5 nitrogen and oxygen atoms in total. The molecule has 9 rings (SSSR count). The van der Waals surface area contributed by atoms with Gasteiger partial charge >= 0.3 is 0 Å². The molecule has 3 aliphatic heterocycles. The van der Waals surface area contributed by atoms with Crippen molar-refractivity contribution in [2.45, 2.75) is 157 Å². The summed E-state index contributed by atoms with van der Waals surface area (Å²) in [5.74, 6) is -0.0914. The topological polar surface area (TPSA) is 73.0 Å². The number of ketones is 1. The van der Waals surface area contributed by atoms with Gasteiger partial charge in [0.2, 0.25) is 5.78 Å². The minimum absolute atomic E-state index is 0.0914. The molecule has 3 N–H and O–H groups in total. The number of carbonyl (C=O) groups excluding carboxylic acids is 1. The van der Waals surface area contributed by atoms with Crippen LogP contribution in [0.15, 0.2) is 143 Å². The van der Waals surface area contributed by atoms with Gasteiger partial charge in [-0.05, 0) is 159 Å². The lowest BCUT2D eigenvalue weighted by Crippen LogP contribution is -2.23. The Bertz CT molecular complexity index is 3470. The fourth-order valence-electron chi connectivity index (χ4n) is 10.1. The summed E-state index contributed by atoms with van der Waals surface area (Å²) < 4.78 is 1.16. The number of aromatic nitrogens is 2. The number of benzene rings is 4. The second-order valence-corrected chi connectivity index (χ2v) is 28.4. The number of aliphatic imine (C=N–C) groups is 1. The average Bonchev–Trinajstić information content (AvgIpc) is 4.13. The zero-order valence-corrected chi connectivity index (χ0v) is 49.4. The number of hydrogen-bond acceptors (Lipinski definition) is 3. The van der Waals surface area contributed by atoms with Gasteiger partial charge in [0, 0.05) is 54.0 Å². The molecule has 0 fully saturated rings. The summed E-state index contributed by atoms with van der Waals surface area (Å²) in [4.78, 5) is 29.1. The highest BCUT2D eigenvalue weighted by Gasteiger charge is 2.33. The summed E-state index contributed by atoms with van der Waals surface area (Å²) in [5, 5.41) is 5.73. The molecule has 0 unspecified atom stereocenters. The monoisotopic (exact) mass is 1090 g/mol. The first kappa shape index (κ1) is 52.9. The van der Waals surface area contributed by atoms with Crippen molar-refractivity contribution in [2.75, 3.05) is 0 Å². The van der Waals surface area contributed by atoms with Crippen LogP contribution in [0.4, 0.5) is 0 Å². The Morgan fingerprint density at radius 1 is 0.405 bits per heavy atom. The van der Waals surface area contributed by atoms with E-state index in [2.05, 4.69) is 278 Å². The maximum absolute atomic E-state index is 15.4. The number of rotatable bonds is 4. The lowest BCUT2D eigenvalue weighted by atomic mass is 9.78. The number of nitrogens with one attached hydrogen (secondary N) is 3. The minimum Gasteiger partial charge on any atom is -0.354 e. The molecule has 6 heteroatoms. The second kappa shape index (κ2) is 18.4. The van der Waals surface area contributed by atoms with E-state index >= 15 is 4.79 Å². The average molecular weight is 1090 g/mol. The van der Waals surface area contributed by atoms with Crippen LogP contribution in [0, 0.1) is 3.57 Å². The van der Waals surface area contributed by atoms with E-state index in [0.717, 1.165) is 87.3 Å². The van der Waals surface area contributed by atoms with E-state index in [9.17, 15) is 0 Å². The maximum atomic E-state index is 15.4. The number of allylic oxidation sites excluding steroid dienone is 5. The van der Waals surface area contributed by atoms with Gasteiger partial charge in [0.05, 0.1) is 22.8 Å². The van der Waals surface area contributed by atoms with Crippen LogP contribution in [0.2, 0.25) is 0 Å². The Hall–Kier alpha value is -5.99. The summed E-state index contributed by atoms with van der Waals surface area (Å²) in [6.45, 7) is 41.0. The standard InChI is InChI=1S/C68H77IN4O/c1-63(2,3)43-29-40(30-44(35-43)64(4,5)6)59-52-25-23-50(70-52)58(39-19-21-49(69)22-20-39)51-24-26-54(71-51)60(41-31-45(65(7,8)9)36-46(32-41)66(10,11)12)56-38-57(74)62(73-56)61(55-28-27-53(59)72-55)42-33-47(67(13,14)15)37-48(34-42)68(16,17)18/h19-38,70-71,73H,1-18H3. The quantitative estimate of drug-likeness (QED) is 0.154. The lowest BCUT2D eigenvalue weighted by molar-refractivity contribution is -0.111. The summed E-state index contributed by atoms with van der Waals surface area (Å²) in [7, 11) is 0. The molecule has 5 heterocycles. The zero-order chi connectivity index (χ0) is 53.8. The number of halogens is 1. The SMILES string of the molecule is CC(C)(C)c1cc(C2=C3NC(=CC3=O)C(c3cc(C(C)(C)C)cc(C(C)(C)C)c3)=c3ccc([nH]3)=C(c3ccc(I)cc3)c3ccc([nH]3)C(c3cc(C(C)(C)C)cc(C(C)(C)C)c3)=C3C=CC2=N3)cc(C(C)(C)C)c1. The van der Waals surface area contributed by atoms with E-state index < -0.39 is 0 Å². The van der Waals surface area contributed by atoms with Crippen molar-refractivity contribution in [2.24, 2.45) is 4.99 Å². The van der Waals surface area contributed by atoms with Gasteiger partial charge in [0.25, 0.3) is 0 Å². The van der Waals surface area contributed by atoms with Crippen LogP contribution in [0.3, 0.4) is 0 Å². The summed E-state index contributed by atoms with van der Waals surface area (Å²) >= 11 is 2.39. The van der Waals surface area contributed by atoms with Gasteiger partial charge in [-0.2, -0.15) is 0 Å². The molecule has 3 aliphatic rings. The van der Waals surface area contributed by atoms with Crippen molar-refractivity contribution >= 4 is 56.4 Å². The number of hydrogen-bond donors (Lipinski definition) is 3. The predicted octanol–water partition coefficient (Wildman–Crippen LogP) is 15.4. The molecule has 6 aromatic rings. The van der Waals surface area contributed by atoms with E-state index in [-0.39, 0.29) is 38.3 Å². The third-order valence-electron chi connectivity index (χ3n) is 14.9. The van der Waals surface area contributed by atoms with Gasteiger partial charge < -0.3 is 15.3 Å². The Balaban J connectivity index is 1.46. The van der Waals surface area contributed by atoms with Crippen LogP contribution in [0.25, 0.3) is 22.3 Å². The Kier molecular flexibility index (Phi) is 13.1. The molecule has 8 bridgehead atoms. The van der Waals surface area contributed by atoms with Crippen molar-refractivity contribution in [3.63, 3.8) is 0 Å². The second-order valence-electron chi connectivity index (χ2n) is 27.1. The fraction of sp³-hybridized carbons (Fsp3) is 0.353. The van der Waals surface area contributed by atoms with E-state index in [1.807, 2.05) is 6.08 Å². The fourth-order valence-corrected chi connectivity index (χ4v) is 10.4. The molecule has 74 heavy (non-hydrogen) atoms. The van der Waals surface area contributed by atoms with Crippen molar-refractivity contribution in [1.82, 2.24) is 15.3 Å². The van der Waals surface area contributed by atoms with Crippen LogP contribution in [0.1, 0.15) is 192 Å². The zero-order valence-electron chi connectivity index (χ0n) is 47.3. The molecule has 4 aromatic carbocycles. The van der Waals surface area contributed by atoms with Crippen LogP contribution in [0.5, 0.6) is 0 Å². The number of carbonyl (C=O) groups is 1. The number of H-pyrrole nitrogens is 2. The molecule has 0 radical (unpaired) electrons. The van der Waals surface area contributed by atoms with Crippen molar-refractivity contribution in [3.8, 4) is 0 Å². The molecule has 0 spiro atoms. The summed E-state index contributed by atoms with van der Waals surface area (Å²) in [6.07, 6.45) is 6.09. The molecule has 0 saturated heterocycles. The molecule has 2 aromatic heterocycles. The Morgan fingerprint density at radius 3 is 1.23 bits per heavy atom. The molecular weight excluding hydrogens is 1020 g/mol. The maximum Gasteiger partial charge on any atom is 0.204 e. The number of aromatic amines is 2. The molecule has 0 saturated carbocycles.